The fourth-order valence-electron chi connectivity index (χ4n) is 2.54. The second-order valence-electron chi connectivity index (χ2n) is 3.62. The molecule has 2 nitrogen and oxygen atoms in total. The zero-order chi connectivity index (χ0) is 7.14. The van der Waals surface area contributed by atoms with Crippen LogP contribution in [0.15, 0.2) is 0 Å². The highest BCUT2D eigenvalue weighted by molar-refractivity contribution is 4.93. The molecule has 58 valence electrons. The van der Waals surface area contributed by atoms with E-state index in [0.717, 1.165) is 25.7 Å². The molecule has 2 aliphatic carbocycles. The lowest BCUT2D eigenvalue weighted by molar-refractivity contribution is 0.0988. The summed E-state index contributed by atoms with van der Waals surface area (Å²) in [6.45, 7) is 0. The van der Waals surface area contributed by atoms with Gasteiger partial charge in [-0.3, -0.25) is 0 Å². The van der Waals surface area contributed by atoms with E-state index in [9.17, 15) is 10.2 Å². The summed E-state index contributed by atoms with van der Waals surface area (Å²) in [4.78, 5) is 0. The molecule has 2 aliphatic rings. The highest BCUT2D eigenvalue weighted by Crippen LogP contribution is 2.43. The zero-order valence-electron chi connectivity index (χ0n) is 6.03. The molecule has 0 spiro atoms. The molecule has 10 heavy (non-hydrogen) atoms. The molecule has 0 bridgehead atoms. The monoisotopic (exact) mass is 142 g/mol. The SMILES string of the molecule is O[C@@H]1CC[C@H]2[C@@H]1CC[C@H]2O. The van der Waals surface area contributed by atoms with Crippen LogP contribution >= 0.6 is 0 Å². The molecular formula is C8H14O2. The van der Waals surface area contributed by atoms with E-state index >= 15 is 0 Å². The van der Waals surface area contributed by atoms with Crippen LogP contribution in [0.3, 0.4) is 0 Å². The topological polar surface area (TPSA) is 40.5 Å². The summed E-state index contributed by atoms with van der Waals surface area (Å²) in [6.07, 6.45) is 3.67. The van der Waals surface area contributed by atoms with Crippen molar-refractivity contribution in [3.8, 4) is 0 Å². The Balaban J connectivity index is 2.09. The summed E-state index contributed by atoms with van der Waals surface area (Å²) in [5, 5.41) is 18.8. The molecule has 2 rings (SSSR count). The Labute approximate surface area is 60.9 Å². The maximum Gasteiger partial charge on any atom is 0.0572 e. The number of rotatable bonds is 0. The van der Waals surface area contributed by atoms with E-state index < -0.39 is 0 Å². The Hall–Kier alpha value is -0.0800. The average molecular weight is 142 g/mol. The number of fused-ring (bicyclic) bond motifs is 1. The minimum atomic E-state index is -0.109. The fourth-order valence-corrected chi connectivity index (χ4v) is 2.54. The van der Waals surface area contributed by atoms with E-state index in [0.29, 0.717) is 11.8 Å². The van der Waals surface area contributed by atoms with Gasteiger partial charge in [-0.05, 0) is 37.5 Å². The van der Waals surface area contributed by atoms with Crippen molar-refractivity contribution in [2.45, 2.75) is 37.9 Å². The van der Waals surface area contributed by atoms with Gasteiger partial charge in [0, 0.05) is 0 Å². The third-order valence-corrected chi connectivity index (χ3v) is 3.13. The predicted molar refractivity (Wildman–Crippen MR) is 37.5 cm³/mol. The van der Waals surface area contributed by atoms with Crippen molar-refractivity contribution in [1.29, 1.82) is 0 Å². The summed E-state index contributed by atoms with van der Waals surface area (Å²) in [5.41, 5.74) is 0. The molecule has 0 aliphatic heterocycles. The summed E-state index contributed by atoms with van der Waals surface area (Å²) >= 11 is 0. The number of hydrogen-bond acceptors (Lipinski definition) is 2. The first-order chi connectivity index (χ1) is 4.79. The van der Waals surface area contributed by atoms with Gasteiger partial charge in [0.15, 0.2) is 0 Å². The van der Waals surface area contributed by atoms with Gasteiger partial charge in [-0.25, -0.2) is 0 Å². The van der Waals surface area contributed by atoms with Crippen LogP contribution in [0.4, 0.5) is 0 Å². The summed E-state index contributed by atoms with van der Waals surface area (Å²) in [7, 11) is 0. The van der Waals surface area contributed by atoms with Crippen LogP contribution < -0.4 is 0 Å². The first kappa shape index (κ1) is 6.62. The normalized spacial score (nSPS) is 53.4. The van der Waals surface area contributed by atoms with Gasteiger partial charge < -0.3 is 10.2 Å². The molecule has 0 heterocycles. The van der Waals surface area contributed by atoms with Gasteiger partial charge in [0.05, 0.1) is 12.2 Å². The van der Waals surface area contributed by atoms with Gasteiger partial charge in [-0.2, -0.15) is 0 Å². The van der Waals surface area contributed by atoms with Gasteiger partial charge in [-0.15, -0.1) is 0 Å². The molecule has 2 fully saturated rings. The quantitative estimate of drug-likeness (QED) is 0.518. The zero-order valence-corrected chi connectivity index (χ0v) is 6.03. The number of aliphatic hydroxyl groups is 2. The highest BCUT2D eigenvalue weighted by atomic mass is 16.3. The van der Waals surface area contributed by atoms with Crippen molar-refractivity contribution in [2.24, 2.45) is 11.8 Å². The molecule has 2 N–H and O–H groups in total. The van der Waals surface area contributed by atoms with E-state index in [1.807, 2.05) is 0 Å². The first-order valence-electron chi connectivity index (χ1n) is 4.15. The minimum absolute atomic E-state index is 0.109. The van der Waals surface area contributed by atoms with Gasteiger partial charge >= 0.3 is 0 Å². The Morgan fingerprint density at radius 3 is 1.50 bits per heavy atom. The molecule has 0 radical (unpaired) electrons. The molecular weight excluding hydrogens is 128 g/mol. The lowest BCUT2D eigenvalue weighted by Gasteiger charge is -2.13. The van der Waals surface area contributed by atoms with Crippen molar-refractivity contribution in [1.82, 2.24) is 0 Å². The second-order valence-corrected chi connectivity index (χ2v) is 3.62. The number of aliphatic hydroxyl groups excluding tert-OH is 2. The van der Waals surface area contributed by atoms with E-state index in [2.05, 4.69) is 0 Å². The molecule has 4 atom stereocenters. The van der Waals surface area contributed by atoms with Crippen LogP contribution in [0.1, 0.15) is 25.7 Å². The highest BCUT2D eigenvalue weighted by Gasteiger charge is 2.43. The van der Waals surface area contributed by atoms with Crippen molar-refractivity contribution in [3.63, 3.8) is 0 Å². The van der Waals surface area contributed by atoms with Crippen LogP contribution in [0.5, 0.6) is 0 Å². The lowest BCUT2D eigenvalue weighted by atomic mass is 9.98. The molecule has 0 amide bonds. The van der Waals surface area contributed by atoms with E-state index in [-0.39, 0.29) is 12.2 Å². The van der Waals surface area contributed by atoms with E-state index in [1.54, 1.807) is 0 Å². The van der Waals surface area contributed by atoms with E-state index in [4.69, 9.17) is 0 Å². The maximum atomic E-state index is 9.41. The van der Waals surface area contributed by atoms with Crippen LogP contribution in [0, 0.1) is 11.8 Å². The van der Waals surface area contributed by atoms with Gasteiger partial charge in [-0.1, -0.05) is 0 Å². The van der Waals surface area contributed by atoms with Gasteiger partial charge in [0.2, 0.25) is 0 Å². The van der Waals surface area contributed by atoms with Crippen LogP contribution in [-0.2, 0) is 0 Å². The number of hydrogen-bond donors (Lipinski definition) is 2. The average Bonchev–Trinajstić information content (AvgIpc) is 2.41. The largest absolute Gasteiger partial charge is 0.393 e. The molecule has 2 heteroatoms. The summed E-state index contributed by atoms with van der Waals surface area (Å²) in [6, 6.07) is 0. The molecule has 0 aromatic carbocycles. The third kappa shape index (κ3) is 0.789. The van der Waals surface area contributed by atoms with Gasteiger partial charge in [0.1, 0.15) is 0 Å². The van der Waals surface area contributed by atoms with Gasteiger partial charge in [0.25, 0.3) is 0 Å². The van der Waals surface area contributed by atoms with Crippen LogP contribution in [0.25, 0.3) is 0 Å². The summed E-state index contributed by atoms with van der Waals surface area (Å²) < 4.78 is 0. The van der Waals surface area contributed by atoms with Crippen molar-refractivity contribution in [3.05, 3.63) is 0 Å². The van der Waals surface area contributed by atoms with Crippen LogP contribution in [0.2, 0.25) is 0 Å². The third-order valence-electron chi connectivity index (χ3n) is 3.13. The fraction of sp³-hybridized carbons (Fsp3) is 1.00. The van der Waals surface area contributed by atoms with Crippen molar-refractivity contribution >= 4 is 0 Å². The predicted octanol–water partition coefficient (Wildman–Crippen LogP) is 0.528. The molecule has 2 saturated carbocycles. The molecule has 0 aromatic heterocycles. The smallest absolute Gasteiger partial charge is 0.0572 e. The lowest BCUT2D eigenvalue weighted by Crippen LogP contribution is -2.18. The molecule has 0 unspecified atom stereocenters. The molecule has 0 aromatic rings. The maximum absolute atomic E-state index is 9.41. The van der Waals surface area contributed by atoms with E-state index in [1.165, 1.54) is 0 Å². The first-order valence-corrected chi connectivity index (χ1v) is 4.15. The Morgan fingerprint density at radius 1 is 0.700 bits per heavy atom. The van der Waals surface area contributed by atoms with Crippen molar-refractivity contribution < 1.29 is 10.2 Å². The van der Waals surface area contributed by atoms with Crippen LogP contribution in [-0.4, -0.2) is 22.4 Å². The Kier molecular flexibility index (Phi) is 1.46. The Bertz CT molecular complexity index is 119. The molecule has 0 saturated heterocycles. The standard InChI is InChI=1S/C8H14O2/c9-7-3-1-5-6(7)2-4-8(5)10/h5-10H,1-4H2/t5-,6-,7+,8+/m0/s1. The minimum Gasteiger partial charge on any atom is -0.393 e. The van der Waals surface area contributed by atoms with Crippen molar-refractivity contribution in [2.75, 3.05) is 0 Å². The Morgan fingerprint density at radius 2 is 1.10 bits per heavy atom. The summed E-state index contributed by atoms with van der Waals surface area (Å²) in [5.74, 6) is 0.852. The second kappa shape index (κ2) is 2.21.